The van der Waals surface area contributed by atoms with Crippen molar-refractivity contribution < 1.29 is 4.79 Å². The molecule has 0 saturated carbocycles. The van der Waals surface area contributed by atoms with Gasteiger partial charge >= 0.3 is 0 Å². The van der Waals surface area contributed by atoms with Gasteiger partial charge in [-0.3, -0.25) is 4.79 Å². The smallest absolute Gasteiger partial charge is 0.242 e. The van der Waals surface area contributed by atoms with Gasteiger partial charge in [0.2, 0.25) is 5.91 Å². The van der Waals surface area contributed by atoms with Gasteiger partial charge in [-0.25, -0.2) is 4.98 Å². The Morgan fingerprint density at radius 1 is 1.19 bits per heavy atom. The molecule has 1 amide bonds. The van der Waals surface area contributed by atoms with E-state index >= 15 is 0 Å². The predicted octanol–water partition coefficient (Wildman–Crippen LogP) is 5.13. The van der Waals surface area contributed by atoms with E-state index in [1.54, 1.807) is 0 Å². The molecule has 4 nitrogen and oxygen atoms in total. The summed E-state index contributed by atoms with van der Waals surface area (Å²) in [5.74, 6) is -1.19. The summed E-state index contributed by atoms with van der Waals surface area (Å²) in [5, 5.41) is 13.7. The van der Waals surface area contributed by atoms with E-state index in [4.69, 9.17) is 11.6 Å². The Bertz CT molecular complexity index is 1050. The number of amides is 1. The molecular formula is C22H20ClN3O. The number of nitriles is 1. The number of para-hydroxylation sites is 1. The molecule has 0 spiro atoms. The second-order valence-electron chi connectivity index (χ2n) is 6.78. The number of nitrogens with zero attached hydrogens (tertiary/aromatic N) is 2. The molecule has 2 aromatic carbocycles. The van der Waals surface area contributed by atoms with Crippen molar-refractivity contribution in [2.24, 2.45) is 5.92 Å². The number of benzene rings is 2. The molecule has 0 aliphatic rings. The highest BCUT2D eigenvalue weighted by Gasteiger charge is 2.21. The van der Waals surface area contributed by atoms with Crippen LogP contribution in [0, 0.1) is 38.0 Å². The Labute approximate surface area is 163 Å². The molecule has 136 valence electrons. The average molecular weight is 378 g/mol. The van der Waals surface area contributed by atoms with Crippen LogP contribution < -0.4 is 5.32 Å². The van der Waals surface area contributed by atoms with Crippen molar-refractivity contribution >= 4 is 34.1 Å². The standard InChI is InChI=1S/C22H20ClN3O/c1-13-7-8-16-10-17(21(23)25-19(16)9-13)11-18(12-24)22(27)26-20-14(2)5-4-6-15(20)3/h4-10,18H,11H2,1-3H3,(H,26,27). The number of nitrogens with one attached hydrogen (secondary N) is 1. The molecule has 0 fully saturated rings. The fraction of sp³-hybridized carbons (Fsp3) is 0.227. The third-order valence-electron chi connectivity index (χ3n) is 4.62. The number of aromatic nitrogens is 1. The summed E-state index contributed by atoms with van der Waals surface area (Å²) in [4.78, 5) is 17.1. The van der Waals surface area contributed by atoms with Gasteiger partial charge in [-0.2, -0.15) is 5.26 Å². The van der Waals surface area contributed by atoms with E-state index in [-0.39, 0.29) is 12.3 Å². The lowest BCUT2D eigenvalue weighted by Gasteiger charge is -2.15. The zero-order chi connectivity index (χ0) is 19.6. The number of anilines is 1. The summed E-state index contributed by atoms with van der Waals surface area (Å²) >= 11 is 6.32. The van der Waals surface area contributed by atoms with E-state index in [0.29, 0.717) is 10.7 Å². The lowest BCUT2D eigenvalue weighted by Crippen LogP contribution is -2.24. The van der Waals surface area contributed by atoms with Gasteiger partial charge < -0.3 is 5.32 Å². The molecule has 5 heteroatoms. The van der Waals surface area contributed by atoms with Crippen LogP contribution in [0.3, 0.4) is 0 Å². The maximum absolute atomic E-state index is 12.7. The molecule has 0 saturated heterocycles. The zero-order valence-electron chi connectivity index (χ0n) is 15.5. The van der Waals surface area contributed by atoms with Crippen LogP contribution in [0.15, 0.2) is 42.5 Å². The molecule has 1 atom stereocenters. The molecule has 0 aliphatic carbocycles. The summed E-state index contributed by atoms with van der Waals surface area (Å²) < 4.78 is 0. The van der Waals surface area contributed by atoms with Crippen molar-refractivity contribution in [3.63, 3.8) is 0 Å². The maximum atomic E-state index is 12.7. The van der Waals surface area contributed by atoms with Crippen LogP contribution in [0.1, 0.15) is 22.3 Å². The number of fused-ring (bicyclic) bond motifs is 1. The monoisotopic (exact) mass is 377 g/mol. The molecule has 0 aliphatic heterocycles. The van der Waals surface area contributed by atoms with Gasteiger partial charge in [0.25, 0.3) is 0 Å². The van der Waals surface area contributed by atoms with E-state index in [9.17, 15) is 10.1 Å². The van der Waals surface area contributed by atoms with Crippen LogP contribution in [0.5, 0.6) is 0 Å². The SMILES string of the molecule is Cc1ccc2cc(CC(C#N)C(=O)Nc3c(C)cccc3C)c(Cl)nc2c1. The number of hydrogen-bond acceptors (Lipinski definition) is 3. The van der Waals surface area contributed by atoms with Crippen LogP contribution >= 0.6 is 11.6 Å². The lowest BCUT2D eigenvalue weighted by molar-refractivity contribution is -0.118. The Kier molecular flexibility index (Phi) is 5.43. The largest absolute Gasteiger partial charge is 0.324 e. The van der Waals surface area contributed by atoms with Crippen LogP contribution in [-0.4, -0.2) is 10.9 Å². The highest BCUT2D eigenvalue weighted by Crippen LogP contribution is 2.25. The minimum absolute atomic E-state index is 0.211. The molecule has 1 unspecified atom stereocenters. The number of carbonyl (C=O) groups excluding carboxylic acids is 1. The molecule has 1 N–H and O–H groups in total. The van der Waals surface area contributed by atoms with E-state index in [2.05, 4.69) is 16.4 Å². The van der Waals surface area contributed by atoms with Crippen molar-refractivity contribution in [2.45, 2.75) is 27.2 Å². The van der Waals surface area contributed by atoms with Gasteiger partial charge in [0.1, 0.15) is 11.1 Å². The van der Waals surface area contributed by atoms with Gasteiger partial charge in [0.15, 0.2) is 0 Å². The van der Waals surface area contributed by atoms with Crippen molar-refractivity contribution in [3.8, 4) is 6.07 Å². The average Bonchev–Trinajstić information content (AvgIpc) is 2.63. The zero-order valence-corrected chi connectivity index (χ0v) is 16.3. The molecule has 1 heterocycles. The van der Waals surface area contributed by atoms with Gasteiger partial charge in [-0.05, 0) is 55.2 Å². The van der Waals surface area contributed by atoms with Gasteiger partial charge in [0, 0.05) is 17.5 Å². The van der Waals surface area contributed by atoms with Crippen LogP contribution in [0.4, 0.5) is 5.69 Å². The second kappa shape index (κ2) is 7.77. The molecular weight excluding hydrogens is 358 g/mol. The molecule has 3 rings (SSSR count). The van der Waals surface area contributed by atoms with E-state index in [1.807, 2.05) is 63.2 Å². The third kappa shape index (κ3) is 4.10. The molecule has 0 radical (unpaired) electrons. The number of pyridine rings is 1. The number of halogens is 1. The highest BCUT2D eigenvalue weighted by molar-refractivity contribution is 6.30. The number of hydrogen-bond donors (Lipinski definition) is 1. The summed E-state index contributed by atoms with van der Waals surface area (Å²) in [7, 11) is 0. The summed E-state index contributed by atoms with van der Waals surface area (Å²) in [6.45, 7) is 5.85. The number of aryl methyl sites for hydroxylation is 3. The fourth-order valence-corrected chi connectivity index (χ4v) is 3.30. The number of carbonyl (C=O) groups is 1. The van der Waals surface area contributed by atoms with Gasteiger partial charge in [-0.15, -0.1) is 0 Å². The van der Waals surface area contributed by atoms with Crippen molar-refractivity contribution in [1.29, 1.82) is 5.26 Å². The van der Waals surface area contributed by atoms with E-state index in [0.717, 1.165) is 33.3 Å². The first-order valence-electron chi connectivity index (χ1n) is 8.71. The minimum atomic E-state index is -0.855. The Hall–Kier alpha value is -2.90. The quantitative estimate of drug-likeness (QED) is 0.640. The first-order chi connectivity index (χ1) is 12.9. The Morgan fingerprint density at radius 3 is 2.56 bits per heavy atom. The van der Waals surface area contributed by atoms with E-state index < -0.39 is 5.92 Å². The molecule has 27 heavy (non-hydrogen) atoms. The van der Waals surface area contributed by atoms with E-state index in [1.165, 1.54) is 0 Å². The topological polar surface area (TPSA) is 65.8 Å². The van der Waals surface area contributed by atoms with Crippen molar-refractivity contribution in [2.75, 3.05) is 5.32 Å². The predicted molar refractivity (Wildman–Crippen MR) is 109 cm³/mol. The third-order valence-corrected chi connectivity index (χ3v) is 4.95. The summed E-state index contributed by atoms with van der Waals surface area (Å²) in [5.41, 5.74) is 5.26. The second-order valence-corrected chi connectivity index (χ2v) is 7.13. The summed E-state index contributed by atoms with van der Waals surface area (Å²) in [6, 6.07) is 15.7. The van der Waals surface area contributed by atoms with Crippen LogP contribution in [-0.2, 0) is 11.2 Å². The van der Waals surface area contributed by atoms with Crippen molar-refractivity contribution in [1.82, 2.24) is 4.98 Å². The van der Waals surface area contributed by atoms with Gasteiger partial charge in [0.05, 0.1) is 11.6 Å². The minimum Gasteiger partial charge on any atom is -0.324 e. The van der Waals surface area contributed by atoms with Crippen LogP contribution in [0.25, 0.3) is 10.9 Å². The Morgan fingerprint density at radius 2 is 1.89 bits per heavy atom. The van der Waals surface area contributed by atoms with Crippen molar-refractivity contribution in [3.05, 3.63) is 69.9 Å². The van der Waals surface area contributed by atoms with Gasteiger partial charge in [-0.1, -0.05) is 41.9 Å². The fourth-order valence-electron chi connectivity index (χ4n) is 3.08. The lowest BCUT2D eigenvalue weighted by atomic mass is 9.99. The Balaban J connectivity index is 1.85. The normalized spacial score (nSPS) is 11.8. The molecule has 1 aromatic heterocycles. The molecule has 3 aromatic rings. The number of rotatable bonds is 4. The molecule has 0 bridgehead atoms. The van der Waals surface area contributed by atoms with Crippen LogP contribution in [0.2, 0.25) is 5.15 Å². The first-order valence-corrected chi connectivity index (χ1v) is 9.09. The first kappa shape index (κ1) is 18.9. The highest BCUT2D eigenvalue weighted by atomic mass is 35.5. The maximum Gasteiger partial charge on any atom is 0.242 e. The summed E-state index contributed by atoms with van der Waals surface area (Å²) in [6.07, 6.45) is 0.211.